The second-order valence-electron chi connectivity index (χ2n) is 6.74. The zero-order chi connectivity index (χ0) is 18.9. The number of nitrogens with one attached hydrogen (secondary N) is 1. The van der Waals surface area contributed by atoms with E-state index >= 15 is 0 Å². The molecule has 3 nitrogen and oxygen atoms in total. The normalized spacial score (nSPS) is 10.6. The van der Waals surface area contributed by atoms with E-state index in [9.17, 15) is 0 Å². The van der Waals surface area contributed by atoms with Gasteiger partial charge < -0.3 is 14.8 Å². The lowest BCUT2D eigenvalue weighted by Crippen LogP contribution is -2.09. The van der Waals surface area contributed by atoms with E-state index in [1.165, 1.54) is 5.56 Å². The second kappa shape index (κ2) is 9.67. The molecule has 0 aliphatic rings. The summed E-state index contributed by atoms with van der Waals surface area (Å²) in [5, 5.41) is 3.45. The molecule has 0 bridgehead atoms. The lowest BCUT2D eigenvalue weighted by molar-refractivity contribution is 0.240. The van der Waals surface area contributed by atoms with E-state index in [0.29, 0.717) is 6.61 Å². The van der Waals surface area contributed by atoms with Crippen LogP contribution in [0.2, 0.25) is 0 Å². The van der Waals surface area contributed by atoms with Gasteiger partial charge in [-0.15, -0.1) is 0 Å². The minimum atomic E-state index is 0.165. The first-order chi connectivity index (χ1) is 13.2. The maximum atomic E-state index is 5.87. The smallest absolute Gasteiger partial charge is 0.124 e. The van der Waals surface area contributed by atoms with E-state index in [0.717, 1.165) is 35.7 Å². The van der Waals surface area contributed by atoms with Crippen molar-refractivity contribution in [3.8, 4) is 11.5 Å². The highest BCUT2D eigenvalue weighted by Gasteiger charge is 2.05. The number of hydrogen-bond acceptors (Lipinski definition) is 3. The quantitative estimate of drug-likeness (QED) is 0.530. The maximum Gasteiger partial charge on any atom is 0.124 e. The third-order valence-electron chi connectivity index (χ3n) is 4.17. The predicted octanol–water partition coefficient (Wildman–Crippen LogP) is 5.71. The van der Waals surface area contributed by atoms with E-state index in [4.69, 9.17) is 9.47 Å². The molecule has 0 amide bonds. The van der Waals surface area contributed by atoms with Crippen LogP contribution < -0.4 is 14.8 Å². The number of para-hydroxylation sites is 1. The van der Waals surface area contributed by atoms with E-state index < -0.39 is 0 Å². The largest absolute Gasteiger partial charge is 0.493 e. The first kappa shape index (κ1) is 18.8. The van der Waals surface area contributed by atoms with Gasteiger partial charge in [0.15, 0.2) is 0 Å². The molecule has 3 aromatic rings. The van der Waals surface area contributed by atoms with Crippen LogP contribution in [0.3, 0.4) is 0 Å². The average Bonchev–Trinajstić information content (AvgIpc) is 2.69. The van der Waals surface area contributed by atoms with Crippen molar-refractivity contribution in [2.75, 3.05) is 11.9 Å². The summed E-state index contributed by atoms with van der Waals surface area (Å²) in [6.07, 6.45) is 1.08. The van der Waals surface area contributed by atoms with Crippen molar-refractivity contribution in [3.05, 3.63) is 90.0 Å². The zero-order valence-corrected chi connectivity index (χ0v) is 16.0. The van der Waals surface area contributed by atoms with Gasteiger partial charge in [-0.25, -0.2) is 0 Å². The Morgan fingerprint density at radius 3 is 2.26 bits per heavy atom. The molecule has 3 rings (SSSR count). The fraction of sp³-hybridized carbons (Fsp3) is 0.250. The van der Waals surface area contributed by atoms with Gasteiger partial charge >= 0.3 is 0 Å². The predicted molar refractivity (Wildman–Crippen MR) is 112 cm³/mol. The first-order valence-electron chi connectivity index (χ1n) is 9.46. The molecule has 0 saturated carbocycles. The highest BCUT2D eigenvalue weighted by molar-refractivity contribution is 5.48. The third-order valence-corrected chi connectivity index (χ3v) is 4.17. The minimum absolute atomic E-state index is 0.165. The molecule has 3 heteroatoms. The van der Waals surface area contributed by atoms with Crippen molar-refractivity contribution in [3.63, 3.8) is 0 Å². The van der Waals surface area contributed by atoms with Crippen LogP contribution in [0.5, 0.6) is 11.5 Å². The molecule has 0 fully saturated rings. The Hall–Kier alpha value is -2.94. The summed E-state index contributed by atoms with van der Waals surface area (Å²) in [7, 11) is 0. The van der Waals surface area contributed by atoms with E-state index in [1.54, 1.807) is 0 Å². The number of anilines is 1. The number of benzene rings is 3. The molecule has 1 N–H and O–H groups in total. The summed E-state index contributed by atoms with van der Waals surface area (Å²) in [6, 6.07) is 26.6. The summed E-state index contributed by atoms with van der Waals surface area (Å²) >= 11 is 0. The molecule has 3 aromatic carbocycles. The van der Waals surface area contributed by atoms with Gasteiger partial charge in [-0.3, -0.25) is 0 Å². The monoisotopic (exact) mass is 361 g/mol. The Morgan fingerprint density at radius 1 is 0.815 bits per heavy atom. The SMILES string of the molecule is CC(C)Oc1ccccc1CNc1ccc(OCCc2ccccc2)cc1. The molecule has 0 aromatic heterocycles. The van der Waals surface area contributed by atoms with Gasteiger partial charge in [-0.1, -0.05) is 48.5 Å². The summed E-state index contributed by atoms with van der Waals surface area (Å²) in [5.74, 6) is 1.82. The molecular weight excluding hydrogens is 334 g/mol. The van der Waals surface area contributed by atoms with Gasteiger partial charge in [0.05, 0.1) is 12.7 Å². The Kier molecular flexibility index (Phi) is 6.75. The van der Waals surface area contributed by atoms with E-state index in [2.05, 4.69) is 35.6 Å². The van der Waals surface area contributed by atoms with Crippen LogP contribution in [0.15, 0.2) is 78.9 Å². The van der Waals surface area contributed by atoms with Crippen LogP contribution in [0.4, 0.5) is 5.69 Å². The van der Waals surface area contributed by atoms with Crippen LogP contribution in [0, 0.1) is 0 Å². The Balaban J connectivity index is 1.49. The Labute approximate surface area is 162 Å². The fourth-order valence-electron chi connectivity index (χ4n) is 2.82. The van der Waals surface area contributed by atoms with E-state index in [-0.39, 0.29) is 6.10 Å². The van der Waals surface area contributed by atoms with Gasteiger partial charge in [-0.05, 0) is 49.7 Å². The highest BCUT2D eigenvalue weighted by Crippen LogP contribution is 2.22. The second-order valence-corrected chi connectivity index (χ2v) is 6.74. The molecule has 27 heavy (non-hydrogen) atoms. The molecule has 0 aliphatic carbocycles. The van der Waals surface area contributed by atoms with E-state index in [1.807, 2.05) is 62.4 Å². The summed E-state index contributed by atoms with van der Waals surface area (Å²) in [4.78, 5) is 0. The lowest BCUT2D eigenvalue weighted by atomic mass is 10.2. The molecule has 0 unspecified atom stereocenters. The van der Waals surface area contributed by atoms with Crippen LogP contribution in [0.25, 0.3) is 0 Å². The fourth-order valence-corrected chi connectivity index (χ4v) is 2.82. The number of ether oxygens (including phenoxy) is 2. The van der Waals surface area contributed by atoms with Crippen molar-refractivity contribution in [2.24, 2.45) is 0 Å². The number of hydrogen-bond donors (Lipinski definition) is 1. The van der Waals surface area contributed by atoms with Crippen molar-refractivity contribution in [2.45, 2.75) is 32.9 Å². The maximum absolute atomic E-state index is 5.87. The van der Waals surface area contributed by atoms with Gasteiger partial charge in [0.25, 0.3) is 0 Å². The molecule has 0 heterocycles. The molecular formula is C24H27NO2. The topological polar surface area (TPSA) is 30.5 Å². The molecule has 0 saturated heterocycles. The summed E-state index contributed by atoms with van der Waals surface area (Å²) < 4.78 is 11.7. The molecule has 0 spiro atoms. The van der Waals surface area contributed by atoms with Crippen molar-refractivity contribution >= 4 is 5.69 Å². The van der Waals surface area contributed by atoms with Gasteiger partial charge in [0, 0.05) is 24.2 Å². The third kappa shape index (κ3) is 6.07. The van der Waals surface area contributed by atoms with Crippen LogP contribution in [-0.4, -0.2) is 12.7 Å². The molecule has 0 aliphatic heterocycles. The zero-order valence-electron chi connectivity index (χ0n) is 16.0. The minimum Gasteiger partial charge on any atom is -0.493 e. The molecule has 140 valence electrons. The van der Waals surface area contributed by atoms with Gasteiger partial charge in [0.1, 0.15) is 11.5 Å². The van der Waals surface area contributed by atoms with Crippen LogP contribution in [-0.2, 0) is 13.0 Å². The van der Waals surface area contributed by atoms with Gasteiger partial charge in [-0.2, -0.15) is 0 Å². The first-order valence-corrected chi connectivity index (χ1v) is 9.46. The van der Waals surface area contributed by atoms with Crippen molar-refractivity contribution in [1.29, 1.82) is 0 Å². The van der Waals surface area contributed by atoms with Crippen LogP contribution >= 0.6 is 0 Å². The van der Waals surface area contributed by atoms with Crippen molar-refractivity contribution in [1.82, 2.24) is 0 Å². The standard InChI is InChI=1S/C24H27NO2/c1-19(2)27-24-11-7-6-10-21(24)18-25-22-12-14-23(15-13-22)26-17-16-20-8-4-3-5-9-20/h3-15,19,25H,16-18H2,1-2H3. The van der Waals surface area contributed by atoms with Crippen molar-refractivity contribution < 1.29 is 9.47 Å². The highest BCUT2D eigenvalue weighted by atomic mass is 16.5. The molecule has 0 atom stereocenters. The lowest BCUT2D eigenvalue weighted by Gasteiger charge is -2.15. The number of rotatable bonds is 9. The van der Waals surface area contributed by atoms with Crippen LogP contribution in [0.1, 0.15) is 25.0 Å². The molecule has 0 radical (unpaired) electrons. The summed E-state index contributed by atoms with van der Waals surface area (Å²) in [5.41, 5.74) is 3.50. The average molecular weight is 361 g/mol. The Bertz CT molecular complexity index is 813. The summed E-state index contributed by atoms with van der Waals surface area (Å²) in [6.45, 7) is 5.48. The Morgan fingerprint density at radius 2 is 1.52 bits per heavy atom. The van der Waals surface area contributed by atoms with Gasteiger partial charge in [0.2, 0.25) is 0 Å².